The van der Waals surface area contributed by atoms with Gasteiger partial charge in [0.05, 0.1) is 12.2 Å². The molecule has 0 saturated carbocycles. The molecule has 0 bridgehead atoms. The molecule has 0 spiro atoms. The largest absolute Gasteiger partial charge is 0.308 e. The van der Waals surface area contributed by atoms with E-state index in [1.165, 1.54) is 5.56 Å². The van der Waals surface area contributed by atoms with Crippen molar-refractivity contribution >= 4 is 45.2 Å². The van der Waals surface area contributed by atoms with Crippen molar-refractivity contribution in [3.05, 3.63) is 68.7 Å². The topological polar surface area (TPSA) is 20.3 Å². The van der Waals surface area contributed by atoms with Gasteiger partial charge in [-0.1, -0.05) is 45.7 Å². The molecule has 2 aromatic carbocycles. The summed E-state index contributed by atoms with van der Waals surface area (Å²) in [7, 11) is 0. The predicted octanol–water partition coefficient (Wildman–Crippen LogP) is 5.22. The number of benzene rings is 2. The number of rotatable bonds is 0. The summed E-state index contributed by atoms with van der Waals surface area (Å²) in [5.74, 6) is 0.0183. The fraction of sp³-hybridized carbons (Fsp3) is 0.167. The Bertz CT molecular complexity index is 770. The molecule has 3 rings (SSSR count). The molecule has 0 saturated heterocycles. The minimum absolute atomic E-state index is 0.0183. The molecule has 1 aliphatic heterocycles. The van der Waals surface area contributed by atoms with Crippen molar-refractivity contribution in [3.8, 4) is 0 Å². The van der Waals surface area contributed by atoms with Crippen LogP contribution < -0.4 is 4.90 Å². The van der Waals surface area contributed by atoms with E-state index in [4.69, 9.17) is 11.6 Å². The van der Waals surface area contributed by atoms with E-state index in [2.05, 4.69) is 34.1 Å². The average molecular weight is 377 g/mol. The lowest BCUT2D eigenvalue weighted by molar-refractivity contribution is -0.116. The van der Waals surface area contributed by atoms with Gasteiger partial charge >= 0.3 is 0 Å². The SMILES string of the molecule is CC(=O)N1Cc2cc(Br)ccc2C/C=C\c2cc(Cl)ccc21. The third-order valence-corrected chi connectivity index (χ3v) is 4.52. The zero-order valence-electron chi connectivity index (χ0n) is 12.1. The van der Waals surface area contributed by atoms with Gasteiger partial charge in [0.15, 0.2) is 0 Å². The average Bonchev–Trinajstić information content (AvgIpc) is 2.54. The zero-order chi connectivity index (χ0) is 15.7. The maximum absolute atomic E-state index is 12.2. The van der Waals surface area contributed by atoms with E-state index >= 15 is 0 Å². The third-order valence-electron chi connectivity index (χ3n) is 3.79. The Morgan fingerprint density at radius 1 is 1.18 bits per heavy atom. The summed E-state index contributed by atoms with van der Waals surface area (Å²) < 4.78 is 1.02. The van der Waals surface area contributed by atoms with Gasteiger partial charge in [-0.2, -0.15) is 0 Å². The molecule has 0 atom stereocenters. The van der Waals surface area contributed by atoms with Crippen LogP contribution in [0.4, 0.5) is 5.69 Å². The molecule has 0 radical (unpaired) electrons. The van der Waals surface area contributed by atoms with Crippen LogP contribution in [0.3, 0.4) is 0 Å². The fourth-order valence-corrected chi connectivity index (χ4v) is 3.28. The molecule has 2 aromatic rings. The number of carbonyl (C=O) groups excluding carboxylic acids is 1. The standard InChI is InChI=1S/C18H15BrClNO/c1-12(22)21-11-15-9-16(19)6-5-13(15)3-2-4-14-10-17(20)7-8-18(14)21/h2,4-10H,3,11H2,1H3/b4-2-. The molecule has 1 aliphatic rings. The van der Waals surface area contributed by atoms with Crippen molar-refractivity contribution in [2.45, 2.75) is 19.9 Å². The Kier molecular flexibility index (Phi) is 4.37. The summed E-state index contributed by atoms with van der Waals surface area (Å²) in [6, 6.07) is 11.9. The van der Waals surface area contributed by atoms with Crippen LogP contribution in [0.1, 0.15) is 23.6 Å². The highest BCUT2D eigenvalue weighted by Crippen LogP contribution is 2.30. The number of allylic oxidation sites excluding steroid dienone is 1. The van der Waals surface area contributed by atoms with Crippen LogP contribution in [-0.2, 0) is 17.8 Å². The highest BCUT2D eigenvalue weighted by Gasteiger charge is 2.18. The van der Waals surface area contributed by atoms with Crippen LogP contribution >= 0.6 is 27.5 Å². The minimum Gasteiger partial charge on any atom is -0.308 e. The molecule has 0 N–H and O–H groups in total. The van der Waals surface area contributed by atoms with E-state index in [1.54, 1.807) is 11.8 Å². The predicted molar refractivity (Wildman–Crippen MR) is 95.2 cm³/mol. The quantitative estimate of drug-likeness (QED) is 0.617. The van der Waals surface area contributed by atoms with Crippen LogP contribution in [0.5, 0.6) is 0 Å². The van der Waals surface area contributed by atoms with Gasteiger partial charge in [-0.15, -0.1) is 0 Å². The van der Waals surface area contributed by atoms with E-state index < -0.39 is 0 Å². The number of amides is 1. The summed E-state index contributed by atoms with van der Waals surface area (Å²) in [6.07, 6.45) is 4.99. The van der Waals surface area contributed by atoms with Crippen molar-refractivity contribution < 1.29 is 4.79 Å². The normalized spacial score (nSPS) is 15.1. The third kappa shape index (κ3) is 3.11. The summed E-state index contributed by atoms with van der Waals surface area (Å²) in [5, 5.41) is 0.673. The lowest BCUT2D eigenvalue weighted by Gasteiger charge is -2.24. The van der Waals surface area contributed by atoms with Gasteiger partial charge in [0.2, 0.25) is 5.91 Å². The molecule has 1 heterocycles. The molecule has 0 unspecified atom stereocenters. The van der Waals surface area contributed by atoms with Crippen molar-refractivity contribution in [3.63, 3.8) is 0 Å². The van der Waals surface area contributed by atoms with Crippen molar-refractivity contribution in [2.75, 3.05) is 4.90 Å². The Hall–Kier alpha value is -1.58. The molecule has 4 heteroatoms. The summed E-state index contributed by atoms with van der Waals surface area (Å²) in [6.45, 7) is 2.15. The second kappa shape index (κ2) is 6.27. The Balaban J connectivity index is 2.16. The van der Waals surface area contributed by atoms with Crippen LogP contribution in [0.2, 0.25) is 5.02 Å². The number of anilines is 1. The number of fused-ring (bicyclic) bond motifs is 2. The van der Waals surface area contributed by atoms with Crippen LogP contribution in [0.25, 0.3) is 6.08 Å². The molecular weight excluding hydrogens is 362 g/mol. The first-order valence-corrected chi connectivity index (χ1v) is 8.23. The second-order valence-electron chi connectivity index (χ2n) is 5.33. The minimum atomic E-state index is 0.0183. The number of nitrogens with zero attached hydrogens (tertiary/aromatic N) is 1. The van der Waals surface area contributed by atoms with Crippen LogP contribution in [0.15, 0.2) is 46.9 Å². The number of hydrogen-bond acceptors (Lipinski definition) is 1. The first kappa shape index (κ1) is 15.3. The highest BCUT2D eigenvalue weighted by molar-refractivity contribution is 9.10. The molecule has 22 heavy (non-hydrogen) atoms. The van der Waals surface area contributed by atoms with Crippen LogP contribution in [-0.4, -0.2) is 5.91 Å². The Morgan fingerprint density at radius 2 is 2.00 bits per heavy atom. The van der Waals surface area contributed by atoms with Gasteiger partial charge in [0.25, 0.3) is 0 Å². The van der Waals surface area contributed by atoms with Crippen molar-refractivity contribution in [2.24, 2.45) is 0 Å². The van der Waals surface area contributed by atoms with Gasteiger partial charge in [-0.3, -0.25) is 4.79 Å². The molecule has 2 nitrogen and oxygen atoms in total. The lowest BCUT2D eigenvalue weighted by atomic mass is 10.0. The Labute approximate surface area is 143 Å². The summed E-state index contributed by atoms with van der Waals surface area (Å²) in [5.41, 5.74) is 4.23. The highest BCUT2D eigenvalue weighted by atomic mass is 79.9. The molecule has 112 valence electrons. The van der Waals surface area contributed by atoms with Crippen molar-refractivity contribution in [1.82, 2.24) is 0 Å². The zero-order valence-corrected chi connectivity index (χ0v) is 14.5. The van der Waals surface area contributed by atoms with Gasteiger partial charge in [-0.25, -0.2) is 0 Å². The van der Waals surface area contributed by atoms with E-state index in [1.807, 2.05) is 30.3 Å². The van der Waals surface area contributed by atoms with E-state index in [9.17, 15) is 4.79 Å². The molecule has 1 amide bonds. The number of carbonyl (C=O) groups is 1. The molecular formula is C18H15BrClNO. The second-order valence-corrected chi connectivity index (χ2v) is 6.68. The van der Waals surface area contributed by atoms with Crippen LogP contribution in [0, 0.1) is 0 Å². The monoisotopic (exact) mass is 375 g/mol. The molecule has 0 aliphatic carbocycles. The first-order chi connectivity index (χ1) is 10.5. The number of hydrogen-bond donors (Lipinski definition) is 0. The molecule has 0 aromatic heterocycles. The van der Waals surface area contributed by atoms with Gasteiger partial charge < -0.3 is 4.90 Å². The fourth-order valence-electron chi connectivity index (χ4n) is 2.69. The van der Waals surface area contributed by atoms with Gasteiger partial charge in [0, 0.05) is 16.4 Å². The van der Waals surface area contributed by atoms with E-state index in [0.29, 0.717) is 11.6 Å². The first-order valence-electron chi connectivity index (χ1n) is 7.06. The smallest absolute Gasteiger partial charge is 0.224 e. The van der Waals surface area contributed by atoms with Crippen molar-refractivity contribution in [1.29, 1.82) is 0 Å². The van der Waals surface area contributed by atoms with E-state index in [-0.39, 0.29) is 5.91 Å². The maximum atomic E-state index is 12.2. The Morgan fingerprint density at radius 3 is 2.77 bits per heavy atom. The van der Waals surface area contributed by atoms with Gasteiger partial charge in [0.1, 0.15) is 0 Å². The lowest BCUT2D eigenvalue weighted by Crippen LogP contribution is -2.28. The van der Waals surface area contributed by atoms with Gasteiger partial charge in [-0.05, 0) is 53.4 Å². The summed E-state index contributed by atoms with van der Waals surface area (Å²) in [4.78, 5) is 14.0. The maximum Gasteiger partial charge on any atom is 0.224 e. The number of halogens is 2. The summed E-state index contributed by atoms with van der Waals surface area (Å²) >= 11 is 9.62. The van der Waals surface area contributed by atoms with E-state index in [0.717, 1.165) is 27.7 Å². The molecule has 0 fully saturated rings.